The molecule has 4 aliphatic heterocycles. The number of benzene rings is 15. The predicted molar refractivity (Wildman–Crippen MR) is 403 cm³/mol. The molecule has 0 unspecified atom stereocenters. The molecule has 440 valence electrons. The molecule has 15 aromatic carbocycles. The van der Waals surface area contributed by atoms with Crippen molar-refractivity contribution in [1.29, 1.82) is 0 Å². The van der Waals surface area contributed by atoms with Gasteiger partial charge in [0.2, 0.25) is 0 Å². The molecule has 0 fully saturated rings. The van der Waals surface area contributed by atoms with Gasteiger partial charge in [-0.1, -0.05) is 328 Å². The van der Waals surface area contributed by atoms with Gasteiger partial charge in [-0.05, 0) is 130 Å². The summed E-state index contributed by atoms with van der Waals surface area (Å²) in [5, 5.41) is 0. The van der Waals surface area contributed by atoms with Crippen LogP contribution in [0.4, 0.5) is 51.2 Å². The Morgan fingerprint density at radius 3 is 0.621 bits per heavy atom. The fourth-order valence-corrected chi connectivity index (χ4v) is 16.1. The second-order valence-electron chi connectivity index (χ2n) is 25.4. The van der Waals surface area contributed by atoms with E-state index < -0.39 is 0 Å². The minimum atomic E-state index is -0.187. The van der Waals surface area contributed by atoms with Crippen LogP contribution in [0.5, 0.6) is 0 Å². The van der Waals surface area contributed by atoms with E-state index in [1.54, 1.807) is 0 Å². The molecule has 4 heterocycles. The zero-order chi connectivity index (χ0) is 62.5. The summed E-state index contributed by atoms with van der Waals surface area (Å²) in [6.45, 7) is -0.374. The highest BCUT2D eigenvalue weighted by Gasteiger charge is 2.52. The van der Waals surface area contributed by atoms with Crippen LogP contribution in [0.15, 0.2) is 358 Å². The highest BCUT2D eigenvalue weighted by Crippen LogP contribution is 2.56. The van der Waals surface area contributed by atoms with Gasteiger partial charge >= 0.3 is 0 Å². The Labute approximate surface area is 555 Å². The lowest BCUT2D eigenvalue weighted by molar-refractivity contribution is 1.23. The van der Waals surface area contributed by atoms with Crippen LogP contribution in [0.2, 0.25) is 0 Å². The molecular weight excluding hydrogens is 1140 g/mol. The number of para-hydroxylation sites is 2. The van der Waals surface area contributed by atoms with E-state index >= 15 is 0 Å². The smallest absolute Gasteiger partial charge is 0.252 e. The number of rotatable bonds is 10. The summed E-state index contributed by atoms with van der Waals surface area (Å²) >= 11 is 0. The molecule has 4 aliphatic rings. The summed E-state index contributed by atoms with van der Waals surface area (Å²) in [5.41, 5.74) is 36.5. The topological polar surface area (TPSA) is 9.72 Å². The first-order chi connectivity index (χ1) is 47.2. The van der Waals surface area contributed by atoms with E-state index in [1.807, 2.05) is 0 Å². The van der Waals surface area contributed by atoms with Crippen molar-refractivity contribution in [3.05, 3.63) is 358 Å². The summed E-state index contributed by atoms with van der Waals surface area (Å²) in [6, 6.07) is 134. The van der Waals surface area contributed by atoms with Crippen LogP contribution >= 0.6 is 0 Å². The monoisotopic (exact) mass is 1200 g/mol. The van der Waals surface area contributed by atoms with Crippen molar-refractivity contribution >= 4 is 97.4 Å². The first-order valence-corrected chi connectivity index (χ1v) is 33.0. The van der Waals surface area contributed by atoms with Gasteiger partial charge in [-0.2, -0.15) is 0 Å². The van der Waals surface area contributed by atoms with Crippen LogP contribution in [0.3, 0.4) is 0 Å². The lowest BCUT2D eigenvalue weighted by atomic mass is 9.28. The Hall–Kier alpha value is -12.2. The van der Waals surface area contributed by atoms with E-state index in [-0.39, 0.29) is 13.4 Å². The molecule has 95 heavy (non-hydrogen) atoms. The van der Waals surface area contributed by atoms with Crippen LogP contribution in [0, 0.1) is 0 Å². The van der Waals surface area contributed by atoms with Gasteiger partial charge < -0.3 is 14.7 Å². The van der Waals surface area contributed by atoms with Gasteiger partial charge in [-0.25, -0.2) is 0 Å². The zero-order valence-electron chi connectivity index (χ0n) is 52.1. The quantitative estimate of drug-likeness (QED) is 0.126. The van der Waals surface area contributed by atoms with Gasteiger partial charge in [-0.15, -0.1) is 0 Å². The standard InChI is InChI=1S/C90H59B2N3/c1-9-27-60(28-10-1)68-47-51-76-80(55-68)93-81-56-69(61-29-11-2-12-30-61)48-52-77(81)92-79-54-50-71(63-33-15-4-16-34-63)58-83(79)95(89-74(66-39-21-7-22-40-66)45-26-46-75(89)67-41-23-8-24-42-67)85-59-84-86(90(93)87(85)92)91(76)78-53-49-70(62-31-13-3-14-32-62)57-82(78)94(84)88-72(64-35-17-5-18-36-64)43-25-44-73(88)65-37-19-6-20-38-65/h1-59H. The number of fused-ring (bicyclic) bond motifs is 10. The molecule has 0 spiro atoms. The van der Waals surface area contributed by atoms with Crippen LogP contribution in [0.25, 0.3) is 89.0 Å². The molecule has 0 saturated heterocycles. The van der Waals surface area contributed by atoms with Crippen LogP contribution in [0.1, 0.15) is 0 Å². The third-order valence-corrected chi connectivity index (χ3v) is 20.2. The largest absolute Gasteiger partial charge is 0.312 e. The second kappa shape index (κ2) is 22.3. The molecule has 0 N–H and O–H groups in total. The van der Waals surface area contributed by atoms with Crippen molar-refractivity contribution in [2.45, 2.75) is 0 Å². The summed E-state index contributed by atoms with van der Waals surface area (Å²) in [5.74, 6) is 0. The number of anilines is 9. The third kappa shape index (κ3) is 8.77. The lowest BCUT2D eigenvalue weighted by Gasteiger charge is -2.51. The van der Waals surface area contributed by atoms with Crippen LogP contribution in [-0.2, 0) is 0 Å². The normalized spacial score (nSPS) is 12.7. The van der Waals surface area contributed by atoms with Crippen LogP contribution < -0.4 is 47.5 Å². The molecule has 15 aromatic rings. The highest BCUT2D eigenvalue weighted by molar-refractivity contribution is 7.05. The van der Waals surface area contributed by atoms with Crippen molar-refractivity contribution in [1.82, 2.24) is 0 Å². The van der Waals surface area contributed by atoms with Gasteiger partial charge in [-0.3, -0.25) is 0 Å². The van der Waals surface area contributed by atoms with Crippen molar-refractivity contribution in [3.63, 3.8) is 0 Å². The van der Waals surface area contributed by atoms with E-state index in [9.17, 15) is 0 Å². The first kappa shape index (κ1) is 54.6. The number of nitrogens with zero attached hydrogens (tertiary/aromatic N) is 3. The summed E-state index contributed by atoms with van der Waals surface area (Å²) in [6.07, 6.45) is 0. The molecule has 0 atom stereocenters. The fourth-order valence-electron chi connectivity index (χ4n) is 16.1. The first-order valence-electron chi connectivity index (χ1n) is 33.0. The molecule has 0 amide bonds. The maximum atomic E-state index is 2.72. The van der Waals surface area contributed by atoms with E-state index in [2.05, 4.69) is 373 Å². The average molecular weight is 1200 g/mol. The Kier molecular flexibility index (Phi) is 12.8. The molecular formula is C90H59B2N3. The molecule has 0 bridgehead atoms. The van der Waals surface area contributed by atoms with E-state index in [1.165, 1.54) is 83.2 Å². The fraction of sp³-hybridized carbons (Fsp3) is 0. The van der Waals surface area contributed by atoms with E-state index in [0.717, 1.165) is 89.8 Å². The molecule has 19 rings (SSSR count). The van der Waals surface area contributed by atoms with Crippen molar-refractivity contribution in [3.8, 4) is 89.0 Å². The summed E-state index contributed by atoms with van der Waals surface area (Å²) in [4.78, 5) is 8.13. The van der Waals surface area contributed by atoms with Crippen molar-refractivity contribution in [2.24, 2.45) is 0 Å². The number of hydrogen-bond donors (Lipinski definition) is 0. The summed E-state index contributed by atoms with van der Waals surface area (Å²) < 4.78 is 0. The molecule has 3 nitrogen and oxygen atoms in total. The van der Waals surface area contributed by atoms with E-state index in [0.29, 0.717) is 0 Å². The van der Waals surface area contributed by atoms with Gasteiger partial charge in [0.15, 0.2) is 0 Å². The number of hydrogen-bond acceptors (Lipinski definition) is 3. The lowest BCUT2D eigenvalue weighted by Crippen LogP contribution is -2.68. The Morgan fingerprint density at radius 1 is 0.158 bits per heavy atom. The zero-order valence-corrected chi connectivity index (χ0v) is 52.1. The Balaban J connectivity index is 1.03. The highest BCUT2D eigenvalue weighted by atomic mass is 15.2. The Bertz CT molecular complexity index is 5020. The maximum absolute atomic E-state index is 2.72. The van der Waals surface area contributed by atoms with E-state index in [4.69, 9.17) is 0 Å². The third-order valence-electron chi connectivity index (χ3n) is 20.2. The molecule has 0 saturated carbocycles. The predicted octanol–water partition coefficient (Wildman–Crippen LogP) is 19.7. The molecule has 0 aromatic heterocycles. The average Bonchev–Trinajstić information content (AvgIpc) is 0.666. The second-order valence-corrected chi connectivity index (χ2v) is 25.4. The van der Waals surface area contributed by atoms with Crippen LogP contribution in [-0.4, -0.2) is 13.4 Å². The van der Waals surface area contributed by atoms with Gasteiger partial charge in [0.25, 0.3) is 13.4 Å². The Morgan fingerprint density at radius 2 is 0.379 bits per heavy atom. The molecule has 0 radical (unpaired) electrons. The van der Waals surface area contributed by atoms with Gasteiger partial charge in [0, 0.05) is 62.1 Å². The maximum Gasteiger partial charge on any atom is 0.252 e. The van der Waals surface area contributed by atoms with Crippen molar-refractivity contribution in [2.75, 3.05) is 14.7 Å². The SMILES string of the molecule is c1ccc(-c2ccc3c(c2)N(c2c(-c4ccccc4)cccc2-c2ccccc2)c2cc4c5c6c2B3c2ccc(-c3ccccc3)cc2N6c2cc(-c3ccccc3)ccc2B5c2ccc(-c3ccccc3)cc2N4c2c(-c3ccccc3)cccc2-c2ccccc2)cc1. The molecule has 0 aliphatic carbocycles. The van der Waals surface area contributed by atoms with Gasteiger partial charge in [0.05, 0.1) is 11.4 Å². The van der Waals surface area contributed by atoms with Gasteiger partial charge in [0.1, 0.15) is 0 Å². The van der Waals surface area contributed by atoms with Crippen molar-refractivity contribution < 1.29 is 0 Å². The minimum absolute atomic E-state index is 0.187. The summed E-state index contributed by atoms with van der Waals surface area (Å²) in [7, 11) is 0. The molecule has 5 heteroatoms. The minimum Gasteiger partial charge on any atom is -0.312 e.